The third-order valence-electron chi connectivity index (χ3n) is 5.59. The molecule has 2 aliphatic rings. The lowest BCUT2D eigenvalue weighted by atomic mass is 10.2. The average Bonchev–Trinajstić information content (AvgIpc) is 3.21. The second-order valence-electron chi connectivity index (χ2n) is 7.43. The van der Waals surface area contributed by atoms with Gasteiger partial charge in [-0.3, -0.25) is 19.2 Å². The zero-order valence-corrected chi connectivity index (χ0v) is 16.9. The van der Waals surface area contributed by atoms with Gasteiger partial charge in [0.25, 0.3) is 5.56 Å². The van der Waals surface area contributed by atoms with E-state index in [9.17, 15) is 4.79 Å². The molecular weight excluding hydrogens is 356 g/mol. The lowest BCUT2D eigenvalue weighted by molar-refractivity contribution is 0.0583. The molecule has 1 aromatic heterocycles. The van der Waals surface area contributed by atoms with Gasteiger partial charge in [0.1, 0.15) is 5.75 Å². The summed E-state index contributed by atoms with van der Waals surface area (Å²) in [5.41, 5.74) is 2.53. The summed E-state index contributed by atoms with van der Waals surface area (Å²) in [6.45, 7) is 6.71. The highest BCUT2D eigenvalue weighted by Gasteiger charge is 2.31. The molecule has 2 aliphatic heterocycles. The van der Waals surface area contributed by atoms with Crippen LogP contribution in [0.15, 0.2) is 29.1 Å². The maximum absolute atomic E-state index is 13.2. The number of aromatic nitrogens is 2. The van der Waals surface area contributed by atoms with Crippen LogP contribution in [0, 0.1) is 6.92 Å². The number of rotatable bonds is 5. The number of hydrogen-bond donors (Lipinski definition) is 0. The van der Waals surface area contributed by atoms with Crippen LogP contribution < -0.4 is 15.2 Å². The molecule has 0 unspecified atom stereocenters. The molecule has 28 heavy (non-hydrogen) atoms. The molecule has 0 saturated carbocycles. The second kappa shape index (κ2) is 7.93. The fraction of sp³-hybridized carbons (Fsp3) is 0.524. The molecule has 0 bridgehead atoms. The van der Waals surface area contributed by atoms with Crippen molar-refractivity contribution >= 4 is 11.6 Å². The van der Waals surface area contributed by atoms with Gasteiger partial charge < -0.3 is 9.47 Å². The third kappa shape index (κ3) is 3.40. The lowest BCUT2D eigenvalue weighted by Crippen LogP contribution is -2.50. The number of hydrogen-bond acceptors (Lipinski definition) is 6. The predicted octanol–water partition coefficient (Wildman–Crippen LogP) is 2.67. The van der Waals surface area contributed by atoms with Crippen molar-refractivity contribution in [3.05, 3.63) is 45.9 Å². The van der Waals surface area contributed by atoms with Crippen molar-refractivity contribution in [2.45, 2.75) is 45.9 Å². The molecule has 0 amide bonds. The molecule has 1 saturated heterocycles. The van der Waals surface area contributed by atoms with E-state index in [0.29, 0.717) is 25.7 Å². The Morgan fingerprint density at radius 1 is 1.29 bits per heavy atom. The summed E-state index contributed by atoms with van der Waals surface area (Å²) >= 11 is 0. The van der Waals surface area contributed by atoms with Gasteiger partial charge in [0, 0.05) is 24.4 Å². The van der Waals surface area contributed by atoms with Crippen LogP contribution in [0.5, 0.6) is 5.75 Å². The highest BCUT2D eigenvalue weighted by Crippen LogP contribution is 2.34. The first-order valence-electron chi connectivity index (χ1n) is 9.97. The summed E-state index contributed by atoms with van der Waals surface area (Å²) in [6.07, 6.45) is 3.07. The first-order valence-corrected chi connectivity index (χ1v) is 9.97. The van der Waals surface area contributed by atoms with Crippen LogP contribution in [0.25, 0.3) is 0 Å². The Labute approximate surface area is 165 Å². The first-order chi connectivity index (χ1) is 13.6. The van der Waals surface area contributed by atoms with E-state index >= 15 is 0 Å². The maximum Gasteiger partial charge on any atom is 0.259 e. The van der Waals surface area contributed by atoms with Gasteiger partial charge in [-0.05, 0) is 38.3 Å². The molecule has 7 heteroatoms. The summed E-state index contributed by atoms with van der Waals surface area (Å²) in [5, 5.41) is 0. The minimum Gasteiger partial charge on any atom is -0.495 e. The summed E-state index contributed by atoms with van der Waals surface area (Å²) < 4.78 is 13.2. The Kier molecular flexibility index (Phi) is 5.37. The molecule has 7 nitrogen and oxygen atoms in total. The van der Waals surface area contributed by atoms with E-state index in [0.717, 1.165) is 48.7 Å². The quantitative estimate of drug-likeness (QED) is 0.790. The zero-order valence-electron chi connectivity index (χ0n) is 16.9. The highest BCUT2D eigenvalue weighted by atomic mass is 16.5. The molecule has 1 atom stereocenters. The van der Waals surface area contributed by atoms with Crippen molar-refractivity contribution in [1.29, 1.82) is 0 Å². The average molecular weight is 384 g/mol. The first kappa shape index (κ1) is 19.0. The van der Waals surface area contributed by atoms with E-state index in [4.69, 9.17) is 14.5 Å². The Hall–Kier alpha value is -2.38. The molecule has 0 spiro atoms. The van der Waals surface area contributed by atoms with Crippen LogP contribution in [0.1, 0.15) is 31.0 Å². The van der Waals surface area contributed by atoms with Crippen LogP contribution >= 0.6 is 0 Å². The van der Waals surface area contributed by atoms with E-state index in [-0.39, 0.29) is 11.7 Å². The van der Waals surface area contributed by atoms with Crippen LogP contribution in [0.3, 0.4) is 0 Å². The summed E-state index contributed by atoms with van der Waals surface area (Å²) in [7, 11) is 1.67. The SMILES string of the molecule is CCc1c(C)nc2n(c1=O)CN(C[C@@H]1CCCO1)CN2c1ccccc1OC. The van der Waals surface area contributed by atoms with Gasteiger partial charge in [0.2, 0.25) is 5.95 Å². The topological polar surface area (TPSA) is 59.8 Å². The summed E-state index contributed by atoms with van der Waals surface area (Å²) in [4.78, 5) is 22.3. The minimum atomic E-state index is 0.0435. The van der Waals surface area contributed by atoms with Gasteiger partial charge >= 0.3 is 0 Å². The van der Waals surface area contributed by atoms with Gasteiger partial charge in [-0.15, -0.1) is 0 Å². The summed E-state index contributed by atoms with van der Waals surface area (Å²) in [5.74, 6) is 1.44. The van der Waals surface area contributed by atoms with Gasteiger partial charge in [0.05, 0.1) is 32.2 Å². The summed E-state index contributed by atoms with van der Waals surface area (Å²) in [6, 6.07) is 7.87. The molecule has 2 aromatic rings. The Balaban J connectivity index is 1.79. The number of methoxy groups -OCH3 is 1. The fourth-order valence-corrected chi connectivity index (χ4v) is 4.16. The van der Waals surface area contributed by atoms with Crippen molar-refractivity contribution in [2.24, 2.45) is 0 Å². The minimum absolute atomic E-state index is 0.0435. The molecule has 0 N–H and O–H groups in total. The Morgan fingerprint density at radius 2 is 2.11 bits per heavy atom. The number of anilines is 2. The van der Waals surface area contributed by atoms with Gasteiger partial charge in [0.15, 0.2) is 0 Å². The number of ether oxygens (including phenoxy) is 2. The molecule has 0 aliphatic carbocycles. The van der Waals surface area contributed by atoms with Crippen molar-refractivity contribution in [1.82, 2.24) is 14.5 Å². The predicted molar refractivity (Wildman–Crippen MR) is 108 cm³/mol. The van der Waals surface area contributed by atoms with Crippen LogP contribution in [0.2, 0.25) is 0 Å². The Bertz CT molecular complexity index is 905. The van der Waals surface area contributed by atoms with Crippen molar-refractivity contribution in [3.8, 4) is 5.75 Å². The zero-order chi connectivity index (χ0) is 19.7. The van der Waals surface area contributed by atoms with Crippen molar-refractivity contribution < 1.29 is 9.47 Å². The largest absolute Gasteiger partial charge is 0.495 e. The number of para-hydroxylation sites is 2. The number of nitrogens with zero attached hydrogens (tertiary/aromatic N) is 4. The molecule has 3 heterocycles. The van der Waals surface area contributed by atoms with E-state index < -0.39 is 0 Å². The molecule has 1 aromatic carbocycles. The highest BCUT2D eigenvalue weighted by molar-refractivity contribution is 5.66. The van der Waals surface area contributed by atoms with E-state index in [2.05, 4.69) is 9.80 Å². The van der Waals surface area contributed by atoms with Gasteiger partial charge in [-0.1, -0.05) is 19.1 Å². The van der Waals surface area contributed by atoms with Gasteiger partial charge in [-0.25, -0.2) is 4.98 Å². The third-order valence-corrected chi connectivity index (χ3v) is 5.59. The fourth-order valence-electron chi connectivity index (χ4n) is 4.16. The maximum atomic E-state index is 13.2. The van der Waals surface area contributed by atoms with E-state index in [1.54, 1.807) is 11.7 Å². The van der Waals surface area contributed by atoms with E-state index in [1.807, 2.05) is 38.1 Å². The van der Waals surface area contributed by atoms with Crippen molar-refractivity contribution in [2.75, 3.05) is 31.8 Å². The number of aryl methyl sites for hydroxylation is 1. The second-order valence-corrected chi connectivity index (χ2v) is 7.43. The molecule has 0 radical (unpaired) electrons. The van der Waals surface area contributed by atoms with Crippen LogP contribution in [-0.4, -0.2) is 47.5 Å². The van der Waals surface area contributed by atoms with Crippen LogP contribution in [0.4, 0.5) is 11.6 Å². The van der Waals surface area contributed by atoms with E-state index in [1.165, 1.54) is 0 Å². The molecule has 150 valence electrons. The molecule has 4 rings (SSSR count). The van der Waals surface area contributed by atoms with Crippen LogP contribution in [-0.2, 0) is 17.8 Å². The number of fused-ring (bicyclic) bond motifs is 1. The standard InChI is InChI=1S/C21H28N4O3/c1-4-17-15(2)22-21-24(18-9-5-6-10-19(18)27-3)13-23(14-25(21)20(17)26)12-16-8-7-11-28-16/h5-6,9-10,16H,4,7-8,11-14H2,1-3H3/t16-/m0/s1. The normalized spacial score (nSPS) is 19.7. The smallest absolute Gasteiger partial charge is 0.259 e. The lowest BCUT2D eigenvalue weighted by Gasteiger charge is -2.39. The molecule has 1 fully saturated rings. The van der Waals surface area contributed by atoms with Gasteiger partial charge in [-0.2, -0.15) is 0 Å². The Morgan fingerprint density at radius 3 is 2.82 bits per heavy atom. The van der Waals surface area contributed by atoms with Crippen molar-refractivity contribution in [3.63, 3.8) is 0 Å². The monoisotopic (exact) mass is 384 g/mol. The molecular formula is C21H28N4O3. The number of benzene rings is 1.